The first-order valence-electron chi connectivity index (χ1n) is 16.9. The van der Waals surface area contributed by atoms with E-state index in [4.69, 9.17) is 4.74 Å². The highest BCUT2D eigenvalue weighted by molar-refractivity contribution is 7.89. The van der Waals surface area contributed by atoms with Crippen LogP contribution in [-0.2, 0) is 22.0 Å². The molecule has 5 rings (SSSR count). The van der Waals surface area contributed by atoms with E-state index in [0.29, 0.717) is 31.2 Å². The number of rotatable bonds is 9. The molecule has 44 heavy (non-hydrogen) atoms. The molecular weight excluding hydrogens is 579 g/mol. The smallest absolute Gasteiger partial charge is 0.267 e. The minimum absolute atomic E-state index is 0.0281. The van der Waals surface area contributed by atoms with Crippen LogP contribution in [0.1, 0.15) is 118 Å². The van der Waals surface area contributed by atoms with Gasteiger partial charge in [0, 0.05) is 43.8 Å². The van der Waals surface area contributed by atoms with Gasteiger partial charge in [-0.3, -0.25) is 4.79 Å². The first-order valence-corrected chi connectivity index (χ1v) is 18.3. The number of sulfonamides is 1. The summed E-state index contributed by atoms with van der Waals surface area (Å²) in [6.45, 7) is 3.31. The maximum absolute atomic E-state index is 14.1. The second-order valence-corrected chi connectivity index (χ2v) is 15.1. The number of H-pyrrole nitrogens is 1. The molecule has 3 heterocycles. The van der Waals surface area contributed by atoms with Crippen molar-refractivity contribution in [3.05, 3.63) is 47.0 Å². The Bertz CT molecular complexity index is 1340. The SMILES string of the molecule is COc1ccc(S(=O)(=O)N2CCC(CCCCNC(=O)c3cc4c([nH]3)C3(CCCCCCCCCC3)CNC4)CC2)cc1F. The van der Waals surface area contributed by atoms with Crippen molar-refractivity contribution in [2.24, 2.45) is 5.92 Å². The van der Waals surface area contributed by atoms with Gasteiger partial charge in [-0.1, -0.05) is 64.2 Å². The molecule has 1 aromatic carbocycles. The van der Waals surface area contributed by atoms with Crippen LogP contribution in [0.15, 0.2) is 29.2 Å². The monoisotopic (exact) mass is 630 g/mol. The highest BCUT2D eigenvalue weighted by Gasteiger charge is 2.38. The van der Waals surface area contributed by atoms with Gasteiger partial charge >= 0.3 is 0 Å². The van der Waals surface area contributed by atoms with Crippen molar-refractivity contribution in [2.45, 2.75) is 113 Å². The van der Waals surface area contributed by atoms with E-state index in [-0.39, 0.29) is 22.0 Å². The zero-order valence-corrected chi connectivity index (χ0v) is 27.2. The lowest BCUT2D eigenvalue weighted by atomic mass is 9.72. The lowest BCUT2D eigenvalue weighted by molar-refractivity contribution is 0.0948. The summed E-state index contributed by atoms with van der Waals surface area (Å²) in [4.78, 5) is 16.7. The number of piperidine rings is 1. The zero-order valence-electron chi connectivity index (χ0n) is 26.4. The largest absolute Gasteiger partial charge is 0.494 e. The Balaban J connectivity index is 1.06. The molecule has 0 bridgehead atoms. The maximum Gasteiger partial charge on any atom is 0.267 e. The third kappa shape index (κ3) is 7.85. The van der Waals surface area contributed by atoms with E-state index in [1.165, 1.54) is 99.0 Å². The van der Waals surface area contributed by atoms with E-state index in [0.717, 1.165) is 51.3 Å². The number of ether oxygens (including phenoxy) is 1. The third-order valence-electron chi connectivity index (χ3n) is 10.2. The Morgan fingerprint density at radius 3 is 2.36 bits per heavy atom. The molecule has 3 aliphatic rings. The topological polar surface area (TPSA) is 104 Å². The van der Waals surface area contributed by atoms with Gasteiger partial charge in [0.1, 0.15) is 5.69 Å². The van der Waals surface area contributed by atoms with Gasteiger partial charge < -0.3 is 20.4 Å². The number of unbranched alkanes of at least 4 members (excludes halogenated alkanes) is 1. The van der Waals surface area contributed by atoms with Crippen LogP contribution >= 0.6 is 0 Å². The molecule has 0 radical (unpaired) electrons. The van der Waals surface area contributed by atoms with Crippen molar-refractivity contribution < 1.29 is 22.3 Å². The Morgan fingerprint density at radius 1 is 1.02 bits per heavy atom. The third-order valence-corrected chi connectivity index (χ3v) is 12.1. The summed E-state index contributed by atoms with van der Waals surface area (Å²) in [7, 11) is -2.38. The van der Waals surface area contributed by atoms with E-state index < -0.39 is 15.8 Å². The molecule has 3 N–H and O–H groups in total. The summed E-state index contributed by atoms with van der Waals surface area (Å²) >= 11 is 0. The molecule has 1 spiro atoms. The van der Waals surface area contributed by atoms with Crippen LogP contribution in [0.25, 0.3) is 0 Å². The van der Waals surface area contributed by atoms with E-state index in [1.54, 1.807) is 0 Å². The van der Waals surface area contributed by atoms with E-state index in [2.05, 4.69) is 21.7 Å². The molecule has 2 fully saturated rings. The van der Waals surface area contributed by atoms with Crippen molar-refractivity contribution in [3.8, 4) is 5.75 Å². The van der Waals surface area contributed by atoms with Gasteiger partial charge in [0.2, 0.25) is 10.0 Å². The number of benzene rings is 1. The zero-order chi connectivity index (χ0) is 31.0. The van der Waals surface area contributed by atoms with Crippen molar-refractivity contribution in [1.29, 1.82) is 0 Å². The molecular formula is C34H51FN4O4S. The van der Waals surface area contributed by atoms with Crippen LogP contribution in [0.5, 0.6) is 5.75 Å². The molecule has 2 aromatic rings. The summed E-state index contributed by atoms with van der Waals surface area (Å²) in [6, 6.07) is 5.85. The number of aromatic amines is 1. The number of aromatic nitrogens is 1. The molecule has 10 heteroatoms. The molecule has 0 unspecified atom stereocenters. The van der Waals surface area contributed by atoms with Crippen LogP contribution in [0.2, 0.25) is 0 Å². The molecule has 0 atom stereocenters. The lowest BCUT2D eigenvalue weighted by Crippen LogP contribution is -2.43. The van der Waals surface area contributed by atoms with Gasteiger partial charge in [-0.2, -0.15) is 4.31 Å². The van der Waals surface area contributed by atoms with E-state index in [9.17, 15) is 17.6 Å². The predicted molar refractivity (Wildman–Crippen MR) is 171 cm³/mol. The number of carbonyl (C=O) groups excluding carboxylic acids is 1. The van der Waals surface area contributed by atoms with Gasteiger partial charge in [0.05, 0.1) is 12.0 Å². The molecule has 8 nitrogen and oxygen atoms in total. The second kappa shape index (κ2) is 15.2. The van der Waals surface area contributed by atoms with Crippen LogP contribution in [0, 0.1) is 11.7 Å². The second-order valence-electron chi connectivity index (χ2n) is 13.2. The molecule has 244 valence electrons. The fourth-order valence-corrected chi connectivity index (χ4v) is 9.03. The van der Waals surface area contributed by atoms with E-state index >= 15 is 0 Å². The minimum Gasteiger partial charge on any atom is -0.494 e. The van der Waals surface area contributed by atoms with Gasteiger partial charge in [-0.05, 0) is 67.9 Å². The van der Waals surface area contributed by atoms with Gasteiger partial charge in [0.15, 0.2) is 11.6 Å². The molecule has 1 aliphatic carbocycles. The number of nitrogens with one attached hydrogen (secondary N) is 3. The fourth-order valence-electron chi connectivity index (χ4n) is 7.55. The molecule has 1 aromatic heterocycles. The highest BCUT2D eigenvalue weighted by atomic mass is 32.2. The van der Waals surface area contributed by atoms with Crippen LogP contribution in [-0.4, -0.2) is 56.9 Å². The summed E-state index contributed by atoms with van der Waals surface area (Å²) in [5.74, 6) is -0.226. The first kappa shape index (κ1) is 32.9. The standard InChI is InChI=1S/C34H51FN4O4S/c1-43-31-14-13-28(23-29(31)35)44(41,42)39-20-15-26(16-21-39)12-8-11-19-37-33(40)30-22-27-24-36-25-34(32(27)38-30)17-9-6-4-2-3-5-7-10-18-34/h13-14,22-23,26,36,38H,2-12,15-21,24-25H2,1H3,(H,37,40). The Kier molecular flexibility index (Phi) is 11.4. The quantitative estimate of drug-likeness (QED) is 0.278. The average Bonchev–Trinajstić information content (AvgIpc) is 3.46. The maximum atomic E-state index is 14.1. The van der Waals surface area contributed by atoms with Crippen LogP contribution in [0.3, 0.4) is 0 Å². The van der Waals surface area contributed by atoms with E-state index in [1.807, 2.05) is 0 Å². The number of hydrogen-bond donors (Lipinski definition) is 3. The summed E-state index contributed by atoms with van der Waals surface area (Å²) in [5, 5.41) is 6.79. The van der Waals surface area contributed by atoms with Crippen molar-refractivity contribution in [1.82, 2.24) is 19.9 Å². The normalized spacial score (nSPS) is 20.5. The van der Waals surface area contributed by atoms with Gasteiger partial charge in [0.25, 0.3) is 5.91 Å². The van der Waals surface area contributed by atoms with Crippen LogP contribution < -0.4 is 15.4 Å². The number of hydrogen-bond acceptors (Lipinski definition) is 5. The summed E-state index contributed by atoms with van der Waals surface area (Å²) < 4.78 is 46.5. The first-order chi connectivity index (χ1) is 21.3. The number of amides is 1. The number of nitrogens with zero attached hydrogens (tertiary/aromatic N) is 1. The lowest BCUT2D eigenvalue weighted by Gasteiger charge is -2.38. The number of carbonyl (C=O) groups is 1. The van der Waals surface area contributed by atoms with Crippen LogP contribution in [0.4, 0.5) is 4.39 Å². The molecule has 1 amide bonds. The molecule has 2 aliphatic heterocycles. The minimum atomic E-state index is -3.73. The average molecular weight is 631 g/mol. The predicted octanol–water partition coefficient (Wildman–Crippen LogP) is 6.42. The number of methoxy groups -OCH3 is 1. The van der Waals surface area contributed by atoms with Gasteiger partial charge in [-0.25, -0.2) is 12.8 Å². The van der Waals surface area contributed by atoms with Crippen molar-refractivity contribution in [3.63, 3.8) is 0 Å². The molecule has 1 saturated carbocycles. The number of halogens is 1. The summed E-state index contributed by atoms with van der Waals surface area (Å²) in [5.41, 5.74) is 3.33. The Hall–Kier alpha value is -2.43. The highest BCUT2D eigenvalue weighted by Crippen LogP contribution is 2.40. The Labute approximate surface area is 262 Å². The fraction of sp³-hybridized carbons (Fsp3) is 0.676. The van der Waals surface area contributed by atoms with Crippen molar-refractivity contribution >= 4 is 15.9 Å². The summed E-state index contributed by atoms with van der Waals surface area (Å²) in [6.07, 6.45) is 17.3. The number of fused-ring (bicyclic) bond motifs is 2. The van der Waals surface area contributed by atoms with Gasteiger partial charge in [-0.15, -0.1) is 0 Å². The Morgan fingerprint density at radius 2 is 1.70 bits per heavy atom. The molecule has 1 saturated heterocycles. The van der Waals surface area contributed by atoms with Crippen molar-refractivity contribution in [2.75, 3.05) is 33.3 Å².